The summed E-state index contributed by atoms with van der Waals surface area (Å²) < 4.78 is 0. The highest BCUT2D eigenvalue weighted by molar-refractivity contribution is 5.53. The molecular weight excluding hydrogens is 210 g/mol. The van der Waals surface area contributed by atoms with Crippen molar-refractivity contribution in [2.45, 2.75) is 19.3 Å². The molecule has 1 fully saturated rings. The number of nitrogens with zero attached hydrogens (tertiary/aromatic N) is 3. The zero-order chi connectivity index (χ0) is 11.5. The van der Waals surface area contributed by atoms with E-state index in [1.54, 1.807) is 0 Å². The van der Waals surface area contributed by atoms with E-state index in [-0.39, 0.29) is 11.5 Å². The van der Waals surface area contributed by atoms with Crippen LogP contribution in [0.1, 0.15) is 19.3 Å². The second kappa shape index (κ2) is 4.30. The zero-order valence-electron chi connectivity index (χ0n) is 8.72. The molecule has 1 aliphatic rings. The van der Waals surface area contributed by atoms with Crippen molar-refractivity contribution in [3.63, 3.8) is 0 Å². The summed E-state index contributed by atoms with van der Waals surface area (Å²) in [5.74, 6) is 1.07. The number of anilines is 2. The van der Waals surface area contributed by atoms with E-state index in [0.717, 1.165) is 25.1 Å². The van der Waals surface area contributed by atoms with Crippen molar-refractivity contribution in [3.8, 4) is 0 Å². The van der Waals surface area contributed by atoms with Crippen molar-refractivity contribution in [1.29, 1.82) is 0 Å². The fraction of sp³-hybridized carbons (Fsp3) is 0.556. The van der Waals surface area contributed by atoms with Gasteiger partial charge in [-0.05, 0) is 12.3 Å². The highest BCUT2D eigenvalue weighted by Crippen LogP contribution is 2.32. The molecule has 7 nitrogen and oxygen atoms in total. The molecule has 3 N–H and O–H groups in total. The van der Waals surface area contributed by atoms with Crippen LogP contribution >= 0.6 is 0 Å². The van der Waals surface area contributed by atoms with Crippen LogP contribution in [-0.4, -0.2) is 21.4 Å². The van der Waals surface area contributed by atoms with Gasteiger partial charge < -0.3 is 11.1 Å². The van der Waals surface area contributed by atoms with Gasteiger partial charge in [0, 0.05) is 6.54 Å². The first kappa shape index (κ1) is 10.6. The van der Waals surface area contributed by atoms with E-state index in [1.807, 2.05) is 0 Å². The predicted octanol–water partition coefficient (Wildman–Crippen LogP) is 1.18. The monoisotopic (exact) mass is 223 g/mol. The van der Waals surface area contributed by atoms with E-state index in [4.69, 9.17) is 5.73 Å². The molecule has 0 amide bonds. The maximum atomic E-state index is 10.5. The van der Waals surface area contributed by atoms with Gasteiger partial charge >= 0.3 is 5.69 Å². The fourth-order valence-corrected chi connectivity index (χ4v) is 1.41. The van der Waals surface area contributed by atoms with E-state index >= 15 is 0 Å². The Morgan fingerprint density at radius 2 is 2.38 bits per heavy atom. The van der Waals surface area contributed by atoms with Gasteiger partial charge in [0.05, 0.1) is 4.92 Å². The van der Waals surface area contributed by atoms with Crippen molar-refractivity contribution in [2.24, 2.45) is 5.92 Å². The lowest BCUT2D eigenvalue weighted by Gasteiger charge is -2.04. The molecule has 0 atom stereocenters. The van der Waals surface area contributed by atoms with Crippen LogP contribution < -0.4 is 11.1 Å². The molecule has 1 aromatic heterocycles. The van der Waals surface area contributed by atoms with Crippen molar-refractivity contribution in [1.82, 2.24) is 9.97 Å². The summed E-state index contributed by atoms with van der Waals surface area (Å²) in [7, 11) is 0. The molecule has 1 heterocycles. The van der Waals surface area contributed by atoms with Crippen LogP contribution in [0.2, 0.25) is 0 Å². The zero-order valence-corrected chi connectivity index (χ0v) is 8.72. The van der Waals surface area contributed by atoms with Crippen LogP contribution in [0.15, 0.2) is 6.20 Å². The Morgan fingerprint density at radius 1 is 1.62 bits per heavy atom. The summed E-state index contributed by atoms with van der Waals surface area (Å²) >= 11 is 0. The molecule has 0 saturated heterocycles. The molecule has 1 aliphatic carbocycles. The van der Waals surface area contributed by atoms with Gasteiger partial charge in [-0.3, -0.25) is 10.1 Å². The highest BCUT2D eigenvalue weighted by atomic mass is 16.6. The lowest BCUT2D eigenvalue weighted by Crippen LogP contribution is -2.08. The summed E-state index contributed by atoms with van der Waals surface area (Å²) in [6.45, 7) is 0.780. The molecule has 0 bridgehead atoms. The minimum absolute atomic E-state index is 0.103. The first-order valence-electron chi connectivity index (χ1n) is 5.17. The van der Waals surface area contributed by atoms with Gasteiger partial charge in [0.2, 0.25) is 11.8 Å². The molecule has 2 rings (SSSR count). The number of hydrogen-bond donors (Lipinski definition) is 2. The quantitative estimate of drug-likeness (QED) is 0.573. The third-order valence-electron chi connectivity index (χ3n) is 2.53. The third kappa shape index (κ3) is 2.56. The average molecular weight is 223 g/mol. The Morgan fingerprint density at radius 3 is 2.94 bits per heavy atom. The van der Waals surface area contributed by atoms with Gasteiger partial charge in [-0.15, -0.1) is 0 Å². The van der Waals surface area contributed by atoms with Gasteiger partial charge in [-0.1, -0.05) is 12.8 Å². The summed E-state index contributed by atoms with van der Waals surface area (Å²) in [5.41, 5.74) is 5.18. The maximum absolute atomic E-state index is 10.5. The minimum Gasteiger partial charge on any atom is -0.378 e. The maximum Gasteiger partial charge on any atom is 0.329 e. The van der Waals surface area contributed by atoms with E-state index in [1.165, 1.54) is 12.8 Å². The first-order chi connectivity index (χ1) is 7.66. The first-order valence-corrected chi connectivity index (χ1v) is 5.17. The Labute approximate surface area is 92.2 Å². The van der Waals surface area contributed by atoms with Crippen molar-refractivity contribution in [3.05, 3.63) is 16.3 Å². The third-order valence-corrected chi connectivity index (χ3v) is 2.53. The summed E-state index contributed by atoms with van der Waals surface area (Å²) in [6, 6.07) is 0. The van der Waals surface area contributed by atoms with Crippen LogP contribution in [-0.2, 0) is 0 Å². The molecular formula is C9H13N5O2. The lowest BCUT2D eigenvalue weighted by atomic mass is 10.3. The van der Waals surface area contributed by atoms with Gasteiger partial charge in [0.15, 0.2) is 0 Å². The molecule has 1 aromatic rings. The van der Waals surface area contributed by atoms with E-state index < -0.39 is 4.92 Å². The Kier molecular flexibility index (Phi) is 2.84. The number of nitrogens with one attached hydrogen (secondary N) is 1. The SMILES string of the molecule is Nc1nc(NCCC2CC2)ncc1[N+](=O)[O-]. The van der Waals surface area contributed by atoms with E-state index in [0.29, 0.717) is 5.95 Å². The number of nitrogens with two attached hydrogens (primary N) is 1. The normalized spacial score (nSPS) is 14.8. The van der Waals surface area contributed by atoms with E-state index in [9.17, 15) is 10.1 Å². The smallest absolute Gasteiger partial charge is 0.329 e. The summed E-state index contributed by atoms with van der Waals surface area (Å²) in [4.78, 5) is 17.5. The highest BCUT2D eigenvalue weighted by Gasteiger charge is 2.20. The molecule has 7 heteroatoms. The van der Waals surface area contributed by atoms with Gasteiger partial charge in [0.1, 0.15) is 6.20 Å². The molecule has 0 radical (unpaired) electrons. The number of nitrogen functional groups attached to an aromatic ring is 1. The Hall–Kier alpha value is -1.92. The second-order valence-corrected chi connectivity index (χ2v) is 3.88. The van der Waals surface area contributed by atoms with Gasteiger partial charge in [-0.2, -0.15) is 4.98 Å². The number of nitro groups is 1. The number of hydrogen-bond acceptors (Lipinski definition) is 6. The minimum atomic E-state index is -0.594. The average Bonchev–Trinajstić information content (AvgIpc) is 3.01. The number of aromatic nitrogens is 2. The molecule has 0 aliphatic heterocycles. The standard InChI is InChI=1S/C9H13N5O2/c10-8-7(14(15)16)5-12-9(13-8)11-4-3-6-1-2-6/h5-6H,1-4H2,(H3,10,11,12,13). The fourth-order valence-electron chi connectivity index (χ4n) is 1.41. The van der Waals surface area contributed by atoms with Crippen LogP contribution in [0, 0.1) is 16.0 Å². The Bertz CT molecular complexity index is 405. The number of rotatable bonds is 5. The topological polar surface area (TPSA) is 107 Å². The molecule has 0 unspecified atom stereocenters. The molecule has 0 aromatic carbocycles. The van der Waals surface area contributed by atoms with Crippen LogP contribution in [0.3, 0.4) is 0 Å². The molecule has 0 spiro atoms. The summed E-state index contributed by atoms with van der Waals surface area (Å²) in [5, 5.41) is 13.5. The van der Waals surface area contributed by atoms with Crippen LogP contribution in [0.25, 0.3) is 0 Å². The van der Waals surface area contributed by atoms with Crippen molar-refractivity contribution >= 4 is 17.5 Å². The largest absolute Gasteiger partial charge is 0.378 e. The van der Waals surface area contributed by atoms with Crippen LogP contribution in [0.5, 0.6) is 0 Å². The van der Waals surface area contributed by atoms with Gasteiger partial charge in [0.25, 0.3) is 0 Å². The second-order valence-electron chi connectivity index (χ2n) is 3.88. The summed E-state index contributed by atoms with van der Waals surface area (Å²) in [6.07, 6.45) is 4.80. The van der Waals surface area contributed by atoms with Crippen LogP contribution in [0.4, 0.5) is 17.5 Å². The molecule has 16 heavy (non-hydrogen) atoms. The predicted molar refractivity (Wildman–Crippen MR) is 58.9 cm³/mol. The van der Waals surface area contributed by atoms with E-state index in [2.05, 4.69) is 15.3 Å². The van der Waals surface area contributed by atoms with Crippen molar-refractivity contribution in [2.75, 3.05) is 17.6 Å². The van der Waals surface area contributed by atoms with Crippen molar-refractivity contribution < 1.29 is 4.92 Å². The Balaban J connectivity index is 1.93. The van der Waals surface area contributed by atoms with Gasteiger partial charge in [-0.25, -0.2) is 4.98 Å². The molecule has 1 saturated carbocycles. The molecule has 86 valence electrons. The lowest BCUT2D eigenvalue weighted by molar-refractivity contribution is -0.384.